The van der Waals surface area contributed by atoms with Crippen molar-refractivity contribution in [3.63, 3.8) is 0 Å². The van der Waals surface area contributed by atoms with Crippen LogP contribution < -0.4 is 10.6 Å². The van der Waals surface area contributed by atoms with Crippen LogP contribution in [0.25, 0.3) is 0 Å². The van der Waals surface area contributed by atoms with Crippen molar-refractivity contribution in [3.05, 3.63) is 29.8 Å². The summed E-state index contributed by atoms with van der Waals surface area (Å²) in [6.45, 7) is 5.32. The summed E-state index contributed by atoms with van der Waals surface area (Å²) in [7, 11) is 0. The van der Waals surface area contributed by atoms with Gasteiger partial charge in [0.15, 0.2) is 0 Å². The van der Waals surface area contributed by atoms with Gasteiger partial charge in [-0.3, -0.25) is 4.79 Å². The molecule has 1 aromatic carbocycles. The van der Waals surface area contributed by atoms with Crippen molar-refractivity contribution in [2.45, 2.75) is 32.2 Å². The summed E-state index contributed by atoms with van der Waals surface area (Å²) in [4.78, 5) is 12.0. The summed E-state index contributed by atoms with van der Waals surface area (Å²) < 4.78 is 0. The van der Waals surface area contributed by atoms with E-state index in [1.54, 1.807) is 0 Å². The Morgan fingerprint density at radius 1 is 1.53 bits per heavy atom. The maximum Gasteiger partial charge on any atom is 0.225 e. The molecule has 1 aromatic rings. The fourth-order valence-corrected chi connectivity index (χ4v) is 3.11. The minimum absolute atomic E-state index is 0.0981. The van der Waals surface area contributed by atoms with E-state index in [9.17, 15) is 4.79 Å². The van der Waals surface area contributed by atoms with E-state index in [0.717, 1.165) is 23.7 Å². The molecule has 1 heterocycles. The van der Waals surface area contributed by atoms with E-state index in [1.165, 1.54) is 5.56 Å². The highest BCUT2D eigenvalue weighted by atomic mass is 32.2. The molecule has 1 saturated heterocycles. The maximum absolute atomic E-state index is 12.0. The molecule has 0 aliphatic carbocycles. The van der Waals surface area contributed by atoms with Crippen LogP contribution >= 0.6 is 11.8 Å². The minimum Gasteiger partial charge on any atom is -0.326 e. The van der Waals surface area contributed by atoms with Crippen LogP contribution in [-0.2, 0) is 4.79 Å². The van der Waals surface area contributed by atoms with Gasteiger partial charge in [0.25, 0.3) is 0 Å². The van der Waals surface area contributed by atoms with Crippen LogP contribution in [0.4, 0.5) is 5.69 Å². The van der Waals surface area contributed by atoms with Gasteiger partial charge in [0.2, 0.25) is 5.91 Å². The third-order valence-corrected chi connectivity index (χ3v) is 4.40. The fraction of sp³-hybridized carbons (Fsp3) is 0.533. The van der Waals surface area contributed by atoms with Gasteiger partial charge in [0, 0.05) is 36.2 Å². The second kappa shape index (κ2) is 6.96. The molecule has 1 aliphatic rings. The third-order valence-electron chi connectivity index (χ3n) is 3.27. The predicted octanol–water partition coefficient (Wildman–Crippen LogP) is 2.84. The number of rotatable bonds is 4. The Hall–Kier alpha value is -1.00. The van der Waals surface area contributed by atoms with Crippen LogP contribution in [0.2, 0.25) is 0 Å². The second-order valence-corrected chi connectivity index (χ2v) is 6.41. The number of hydrogen-bond acceptors (Lipinski definition) is 3. The molecule has 0 bridgehead atoms. The van der Waals surface area contributed by atoms with Crippen molar-refractivity contribution in [1.29, 1.82) is 0 Å². The summed E-state index contributed by atoms with van der Waals surface area (Å²) in [6.07, 6.45) is 0.554. The van der Waals surface area contributed by atoms with Gasteiger partial charge in [-0.25, -0.2) is 0 Å². The molecule has 2 N–H and O–H groups in total. The minimum atomic E-state index is 0.0981. The number of hydrogen-bond donors (Lipinski definition) is 2. The maximum atomic E-state index is 12.0. The summed E-state index contributed by atoms with van der Waals surface area (Å²) in [5.74, 6) is 2.75. The van der Waals surface area contributed by atoms with Gasteiger partial charge < -0.3 is 10.6 Å². The van der Waals surface area contributed by atoms with Crippen molar-refractivity contribution in [2.24, 2.45) is 0 Å². The summed E-state index contributed by atoms with van der Waals surface area (Å²) in [6, 6.07) is 8.42. The zero-order chi connectivity index (χ0) is 13.7. The molecule has 104 valence electrons. The normalized spacial score (nSPS) is 19.4. The van der Waals surface area contributed by atoms with E-state index in [-0.39, 0.29) is 5.91 Å². The number of thioether (sulfide) groups is 1. The third kappa shape index (κ3) is 4.55. The zero-order valence-electron chi connectivity index (χ0n) is 11.6. The first-order valence-electron chi connectivity index (χ1n) is 6.86. The van der Waals surface area contributed by atoms with E-state index in [4.69, 9.17) is 0 Å². The first kappa shape index (κ1) is 14.4. The smallest absolute Gasteiger partial charge is 0.225 e. The topological polar surface area (TPSA) is 41.1 Å². The Labute approximate surface area is 119 Å². The molecule has 0 saturated carbocycles. The van der Waals surface area contributed by atoms with Crippen molar-refractivity contribution in [3.8, 4) is 0 Å². The van der Waals surface area contributed by atoms with Crippen molar-refractivity contribution in [2.75, 3.05) is 23.4 Å². The lowest BCUT2D eigenvalue weighted by atomic mass is 10.0. The average Bonchev–Trinajstić information content (AvgIpc) is 2.40. The highest BCUT2D eigenvalue weighted by Gasteiger charge is 2.16. The molecule has 1 amide bonds. The Morgan fingerprint density at radius 3 is 3.05 bits per heavy atom. The van der Waals surface area contributed by atoms with Crippen LogP contribution in [-0.4, -0.2) is 30.0 Å². The lowest BCUT2D eigenvalue weighted by molar-refractivity contribution is -0.116. The van der Waals surface area contributed by atoms with Crippen LogP contribution in [0.3, 0.4) is 0 Å². The number of benzene rings is 1. The van der Waals surface area contributed by atoms with Crippen LogP contribution in [0, 0.1) is 0 Å². The van der Waals surface area contributed by atoms with Gasteiger partial charge in [0.05, 0.1) is 0 Å². The van der Waals surface area contributed by atoms with Crippen LogP contribution in [0.5, 0.6) is 0 Å². The van der Waals surface area contributed by atoms with Crippen LogP contribution in [0.1, 0.15) is 31.7 Å². The number of amides is 1. The standard InChI is InChI=1S/C15H22N2OS/c1-11(2)12-4-3-5-13(8-12)17-15(18)9-14-10-19-7-6-16-14/h3-5,8,11,14,16H,6-7,9-10H2,1-2H3,(H,17,18). The lowest BCUT2D eigenvalue weighted by Gasteiger charge is -2.22. The van der Waals surface area contributed by atoms with Gasteiger partial charge in [-0.15, -0.1) is 0 Å². The summed E-state index contributed by atoms with van der Waals surface area (Å²) in [5, 5.41) is 6.38. The highest BCUT2D eigenvalue weighted by Crippen LogP contribution is 2.19. The SMILES string of the molecule is CC(C)c1cccc(NC(=O)CC2CSCCN2)c1. The van der Waals surface area contributed by atoms with Crippen LogP contribution in [0.15, 0.2) is 24.3 Å². The van der Waals surface area contributed by atoms with E-state index < -0.39 is 0 Å². The summed E-state index contributed by atoms with van der Waals surface area (Å²) in [5.41, 5.74) is 2.16. The first-order valence-corrected chi connectivity index (χ1v) is 8.01. The van der Waals surface area contributed by atoms with Gasteiger partial charge in [-0.1, -0.05) is 26.0 Å². The Balaban J connectivity index is 1.89. The number of carbonyl (C=O) groups is 1. The van der Waals surface area contributed by atoms with Crippen molar-refractivity contribution < 1.29 is 4.79 Å². The lowest BCUT2D eigenvalue weighted by Crippen LogP contribution is -2.39. The number of carbonyl (C=O) groups excluding carboxylic acids is 1. The van der Waals surface area contributed by atoms with E-state index in [1.807, 2.05) is 23.9 Å². The molecule has 4 heteroatoms. The molecule has 1 fully saturated rings. The number of nitrogens with one attached hydrogen (secondary N) is 2. The molecule has 1 atom stereocenters. The quantitative estimate of drug-likeness (QED) is 0.890. The average molecular weight is 278 g/mol. The molecule has 1 unspecified atom stereocenters. The molecule has 19 heavy (non-hydrogen) atoms. The fourth-order valence-electron chi connectivity index (χ4n) is 2.16. The monoisotopic (exact) mass is 278 g/mol. The molecule has 0 spiro atoms. The number of anilines is 1. The van der Waals surface area contributed by atoms with E-state index in [2.05, 4.69) is 36.6 Å². The molecule has 3 nitrogen and oxygen atoms in total. The second-order valence-electron chi connectivity index (χ2n) is 5.26. The van der Waals surface area contributed by atoms with E-state index >= 15 is 0 Å². The Morgan fingerprint density at radius 2 is 2.37 bits per heavy atom. The molecule has 1 aliphatic heterocycles. The van der Waals surface area contributed by atoms with Crippen molar-refractivity contribution >= 4 is 23.4 Å². The molecule has 0 aromatic heterocycles. The van der Waals surface area contributed by atoms with E-state index in [0.29, 0.717) is 18.4 Å². The highest BCUT2D eigenvalue weighted by molar-refractivity contribution is 7.99. The molecule has 2 rings (SSSR count). The molecular formula is C15H22N2OS. The van der Waals surface area contributed by atoms with Gasteiger partial charge >= 0.3 is 0 Å². The first-order chi connectivity index (χ1) is 9.15. The Kier molecular flexibility index (Phi) is 5.28. The van der Waals surface area contributed by atoms with Crippen molar-refractivity contribution in [1.82, 2.24) is 5.32 Å². The van der Waals surface area contributed by atoms with Gasteiger partial charge in [-0.05, 0) is 23.6 Å². The van der Waals surface area contributed by atoms with Gasteiger partial charge in [0.1, 0.15) is 0 Å². The molecule has 0 radical (unpaired) electrons. The summed E-state index contributed by atoms with van der Waals surface area (Å²) >= 11 is 1.92. The predicted molar refractivity (Wildman–Crippen MR) is 82.9 cm³/mol. The zero-order valence-corrected chi connectivity index (χ0v) is 12.4. The Bertz CT molecular complexity index is 428. The molecular weight excluding hydrogens is 256 g/mol. The largest absolute Gasteiger partial charge is 0.326 e. The van der Waals surface area contributed by atoms with Gasteiger partial charge in [-0.2, -0.15) is 11.8 Å².